The number of hydrogen-bond donors (Lipinski definition) is 1. The average molecular weight is 267 g/mol. The summed E-state index contributed by atoms with van der Waals surface area (Å²) >= 11 is 0. The SMILES string of the molecule is O=C(O)c1ccc(F)c(-c2cncc3ccccc23)c1. The fourth-order valence-corrected chi connectivity index (χ4v) is 2.20. The largest absolute Gasteiger partial charge is 0.478 e. The summed E-state index contributed by atoms with van der Waals surface area (Å²) in [6.45, 7) is 0. The highest BCUT2D eigenvalue weighted by Gasteiger charge is 2.12. The van der Waals surface area contributed by atoms with Crippen LogP contribution in [0.2, 0.25) is 0 Å². The van der Waals surface area contributed by atoms with Gasteiger partial charge in [0.1, 0.15) is 5.82 Å². The molecule has 1 N–H and O–H groups in total. The van der Waals surface area contributed by atoms with E-state index in [4.69, 9.17) is 5.11 Å². The van der Waals surface area contributed by atoms with Crippen molar-refractivity contribution in [1.82, 2.24) is 4.98 Å². The van der Waals surface area contributed by atoms with Crippen molar-refractivity contribution in [1.29, 1.82) is 0 Å². The Labute approximate surface area is 114 Å². The maximum atomic E-state index is 14.0. The lowest BCUT2D eigenvalue weighted by atomic mass is 9.99. The molecule has 3 nitrogen and oxygen atoms in total. The highest BCUT2D eigenvalue weighted by molar-refractivity contribution is 5.97. The van der Waals surface area contributed by atoms with Crippen LogP contribution < -0.4 is 0 Å². The summed E-state index contributed by atoms with van der Waals surface area (Å²) in [5.74, 6) is -1.55. The van der Waals surface area contributed by atoms with E-state index in [1.165, 1.54) is 18.2 Å². The maximum absolute atomic E-state index is 14.0. The molecule has 20 heavy (non-hydrogen) atoms. The second-order valence-electron chi connectivity index (χ2n) is 4.41. The lowest BCUT2D eigenvalue weighted by Crippen LogP contribution is -1.98. The third-order valence-electron chi connectivity index (χ3n) is 3.17. The summed E-state index contributed by atoms with van der Waals surface area (Å²) in [5, 5.41) is 10.7. The van der Waals surface area contributed by atoms with Crippen molar-refractivity contribution in [2.24, 2.45) is 0 Å². The van der Waals surface area contributed by atoms with E-state index < -0.39 is 11.8 Å². The lowest BCUT2D eigenvalue weighted by Gasteiger charge is -2.08. The first-order valence-corrected chi connectivity index (χ1v) is 6.03. The van der Waals surface area contributed by atoms with Gasteiger partial charge in [0.15, 0.2) is 0 Å². The number of rotatable bonds is 2. The van der Waals surface area contributed by atoms with Crippen LogP contribution in [0.3, 0.4) is 0 Å². The van der Waals surface area contributed by atoms with Gasteiger partial charge in [-0.05, 0) is 23.6 Å². The smallest absolute Gasteiger partial charge is 0.335 e. The molecule has 0 spiro atoms. The van der Waals surface area contributed by atoms with Gasteiger partial charge in [0.25, 0.3) is 0 Å². The van der Waals surface area contributed by atoms with Crippen molar-refractivity contribution in [2.75, 3.05) is 0 Å². The standard InChI is InChI=1S/C16H10FNO2/c17-15-6-5-10(16(19)20)7-13(15)14-9-18-8-11-3-1-2-4-12(11)14/h1-9H,(H,19,20). The number of pyridine rings is 1. The molecule has 0 bridgehead atoms. The van der Waals surface area contributed by atoms with Crippen LogP contribution >= 0.6 is 0 Å². The molecule has 0 radical (unpaired) electrons. The normalized spacial score (nSPS) is 10.7. The fraction of sp³-hybridized carbons (Fsp3) is 0. The molecular weight excluding hydrogens is 257 g/mol. The first-order chi connectivity index (χ1) is 9.66. The third-order valence-corrected chi connectivity index (χ3v) is 3.17. The molecule has 2 aromatic carbocycles. The van der Waals surface area contributed by atoms with Gasteiger partial charge < -0.3 is 5.11 Å². The molecule has 0 aliphatic carbocycles. The van der Waals surface area contributed by atoms with Gasteiger partial charge in [-0.3, -0.25) is 4.98 Å². The number of nitrogens with zero attached hydrogens (tertiary/aromatic N) is 1. The predicted octanol–water partition coefficient (Wildman–Crippen LogP) is 3.74. The minimum atomic E-state index is -1.08. The molecule has 0 unspecified atom stereocenters. The second-order valence-corrected chi connectivity index (χ2v) is 4.41. The zero-order valence-corrected chi connectivity index (χ0v) is 10.4. The van der Waals surface area contributed by atoms with Crippen LogP contribution in [0.25, 0.3) is 21.9 Å². The van der Waals surface area contributed by atoms with E-state index in [1.807, 2.05) is 24.3 Å². The number of hydrogen-bond acceptors (Lipinski definition) is 2. The number of carbonyl (C=O) groups is 1. The van der Waals surface area contributed by atoms with Gasteiger partial charge in [0.05, 0.1) is 5.56 Å². The van der Waals surface area contributed by atoms with Crippen LogP contribution in [-0.2, 0) is 0 Å². The molecule has 0 amide bonds. The number of fused-ring (bicyclic) bond motifs is 1. The van der Waals surface area contributed by atoms with Crippen LogP contribution in [0.15, 0.2) is 54.9 Å². The van der Waals surface area contributed by atoms with E-state index in [2.05, 4.69) is 4.98 Å². The molecule has 0 atom stereocenters. The number of aromatic carboxylic acids is 1. The summed E-state index contributed by atoms with van der Waals surface area (Å²) in [5.41, 5.74) is 0.882. The Morgan fingerprint density at radius 2 is 1.85 bits per heavy atom. The van der Waals surface area contributed by atoms with Crippen LogP contribution in [0.4, 0.5) is 4.39 Å². The van der Waals surface area contributed by atoms with Crippen LogP contribution in [0.5, 0.6) is 0 Å². The second kappa shape index (κ2) is 4.74. The van der Waals surface area contributed by atoms with E-state index >= 15 is 0 Å². The topological polar surface area (TPSA) is 50.2 Å². The summed E-state index contributed by atoms with van der Waals surface area (Å²) in [4.78, 5) is 15.1. The molecule has 0 aliphatic rings. The molecule has 0 fully saturated rings. The molecule has 98 valence electrons. The van der Waals surface area contributed by atoms with Gasteiger partial charge in [-0.15, -0.1) is 0 Å². The Morgan fingerprint density at radius 1 is 1.05 bits per heavy atom. The van der Waals surface area contributed by atoms with Crippen LogP contribution in [0.1, 0.15) is 10.4 Å². The van der Waals surface area contributed by atoms with E-state index in [-0.39, 0.29) is 11.1 Å². The van der Waals surface area contributed by atoms with Gasteiger partial charge in [0.2, 0.25) is 0 Å². The number of aromatic nitrogens is 1. The molecule has 4 heteroatoms. The van der Waals surface area contributed by atoms with E-state index in [1.54, 1.807) is 12.4 Å². The monoisotopic (exact) mass is 267 g/mol. The van der Waals surface area contributed by atoms with Gasteiger partial charge in [-0.25, -0.2) is 9.18 Å². The minimum Gasteiger partial charge on any atom is -0.478 e. The molecule has 3 rings (SSSR count). The zero-order chi connectivity index (χ0) is 14.1. The molecule has 1 heterocycles. The molecule has 0 aliphatic heterocycles. The highest BCUT2D eigenvalue weighted by Crippen LogP contribution is 2.30. The number of carboxylic acids is 1. The summed E-state index contributed by atoms with van der Waals surface area (Å²) < 4.78 is 14.0. The van der Waals surface area contributed by atoms with Crippen molar-refractivity contribution in [2.45, 2.75) is 0 Å². The van der Waals surface area contributed by atoms with Gasteiger partial charge in [-0.1, -0.05) is 24.3 Å². The number of halogens is 1. The summed E-state index contributed by atoms with van der Waals surface area (Å²) in [6.07, 6.45) is 3.24. The first kappa shape index (κ1) is 12.3. The predicted molar refractivity (Wildman–Crippen MR) is 74.1 cm³/mol. The Morgan fingerprint density at radius 3 is 2.65 bits per heavy atom. The van der Waals surface area contributed by atoms with E-state index in [0.717, 1.165) is 10.8 Å². The summed E-state index contributed by atoms with van der Waals surface area (Å²) in [6, 6.07) is 11.2. The minimum absolute atomic E-state index is 0.0503. The first-order valence-electron chi connectivity index (χ1n) is 6.03. The van der Waals surface area contributed by atoms with Crippen molar-refractivity contribution in [3.8, 4) is 11.1 Å². The quantitative estimate of drug-likeness (QED) is 0.769. The molecular formula is C16H10FNO2. The Kier molecular flexibility index (Phi) is 2.91. The van der Waals surface area contributed by atoms with E-state index in [0.29, 0.717) is 5.56 Å². The lowest BCUT2D eigenvalue weighted by molar-refractivity contribution is 0.0697. The molecule has 3 aromatic rings. The zero-order valence-electron chi connectivity index (χ0n) is 10.4. The summed E-state index contributed by atoms with van der Waals surface area (Å²) in [7, 11) is 0. The van der Waals surface area contributed by atoms with Gasteiger partial charge >= 0.3 is 5.97 Å². The van der Waals surface area contributed by atoms with Crippen molar-refractivity contribution >= 4 is 16.7 Å². The Hall–Kier alpha value is -2.75. The highest BCUT2D eigenvalue weighted by atomic mass is 19.1. The van der Waals surface area contributed by atoms with Crippen LogP contribution in [-0.4, -0.2) is 16.1 Å². The van der Waals surface area contributed by atoms with Crippen molar-refractivity contribution in [3.63, 3.8) is 0 Å². The average Bonchev–Trinajstić information content (AvgIpc) is 2.47. The van der Waals surface area contributed by atoms with E-state index in [9.17, 15) is 9.18 Å². The molecule has 1 aromatic heterocycles. The van der Waals surface area contributed by atoms with Crippen LogP contribution in [0, 0.1) is 5.82 Å². The Balaban J connectivity index is 2.30. The fourth-order valence-electron chi connectivity index (χ4n) is 2.20. The van der Waals surface area contributed by atoms with Gasteiger partial charge in [0, 0.05) is 28.9 Å². The van der Waals surface area contributed by atoms with Crippen molar-refractivity contribution < 1.29 is 14.3 Å². The maximum Gasteiger partial charge on any atom is 0.335 e. The molecule has 0 saturated carbocycles. The Bertz CT molecular complexity index is 809. The van der Waals surface area contributed by atoms with Gasteiger partial charge in [-0.2, -0.15) is 0 Å². The van der Waals surface area contributed by atoms with Crippen molar-refractivity contribution in [3.05, 3.63) is 66.2 Å². The number of carboxylic acid groups (broad SMARTS) is 1. The third kappa shape index (κ3) is 2.01. The molecule has 0 saturated heterocycles. The number of benzene rings is 2.